The van der Waals surface area contributed by atoms with E-state index >= 15 is 0 Å². The Morgan fingerprint density at radius 2 is 2.00 bits per heavy atom. The maximum Gasteiger partial charge on any atom is 0.211 e. The summed E-state index contributed by atoms with van der Waals surface area (Å²) in [4.78, 5) is 18.5. The minimum absolute atomic E-state index is 0.658. The highest BCUT2D eigenvalue weighted by molar-refractivity contribution is 7.23. The number of hydrogen-bond acceptors (Lipinski definition) is 6. The van der Waals surface area contributed by atoms with Crippen LogP contribution in [0.15, 0.2) is 48.7 Å². The lowest BCUT2D eigenvalue weighted by Gasteiger charge is -2.26. The molecule has 2 N–H and O–H groups in total. The molecule has 3 heterocycles. The Bertz CT molecular complexity index is 1290. The molecule has 5 rings (SSSR count). The van der Waals surface area contributed by atoms with Crippen molar-refractivity contribution in [2.24, 2.45) is 0 Å². The molecule has 1 aliphatic heterocycles. The molecule has 32 heavy (non-hydrogen) atoms. The number of nitrogens with one attached hydrogen (secondary N) is 2. The maximum atomic E-state index is 10.5. The minimum Gasteiger partial charge on any atom is -0.492 e. The van der Waals surface area contributed by atoms with E-state index < -0.39 is 0 Å². The number of aromatic nitrogens is 2. The van der Waals surface area contributed by atoms with E-state index in [2.05, 4.69) is 48.9 Å². The van der Waals surface area contributed by atoms with Crippen molar-refractivity contribution in [1.29, 1.82) is 0 Å². The third-order valence-corrected chi connectivity index (χ3v) is 6.41. The number of amides is 1. The lowest BCUT2D eigenvalue weighted by Crippen LogP contribution is -2.44. The van der Waals surface area contributed by atoms with Gasteiger partial charge >= 0.3 is 0 Å². The van der Waals surface area contributed by atoms with Crippen LogP contribution in [0.2, 0.25) is 0 Å². The number of piperazine rings is 1. The van der Waals surface area contributed by atoms with E-state index in [4.69, 9.17) is 4.74 Å². The summed E-state index contributed by atoms with van der Waals surface area (Å²) in [5, 5.41) is 5.98. The van der Waals surface area contributed by atoms with Crippen LogP contribution in [0.1, 0.15) is 11.3 Å². The number of hydrogen-bond donors (Lipinski definition) is 2. The third-order valence-electron chi connectivity index (χ3n) is 5.40. The predicted octanol–water partition coefficient (Wildman–Crippen LogP) is 2.80. The minimum atomic E-state index is 0.658. The van der Waals surface area contributed by atoms with Gasteiger partial charge in [-0.05, 0) is 48.4 Å². The second-order valence-electron chi connectivity index (χ2n) is 7.54. The number of nitrogens with zero attached hydrogens (tertiary/aromatic N) is 3. The molecule has 0 unspecified atom stereocenters. The summed E-state index contributed by atoms with van der Waals surface area (Å²) in [7, 11) is 0. The van der Waals surface area contributed by atoms with Gasteiger partial charge in [-0.1, -0.05) is 17.3 Å². The molecule has 0 aliphatic carbocycles. The highest BCUT2D eigenvalue weighted by Crippen LogP contribution is 2.29. The van der Waals surface area contributed by atoms with Gasteiger partial charge in [0, 0.05) is 50.2 Å². The van der Waals surface area contributed by atoms with Gasteiger partial charge in [0.25, 0.3) is 0 Å². The molecule has 7 nitrogen and oxygen atoms in total. The molecule has 0 spiro atoms. The molecular weight excluding hydrogens is 422 g/mol. The molecule has 0 atom stereocenters. The van der Waals surface area contributed by atoms with E-state index in [0.717, 1.165) is 70.6 Å². The van der Waals surface area contributed by atoms with Crippen LogP contribution in [0.5, 0.6) is 5.75 Å². The van der Waals surface area contributed by atoms with Gasteiger partial charge < -0.3 is 15.4 Å². The Labute approximate surface area is 190 Å². The van der Waals surface area contributed by atoms with E-state index in [0.29, 0.717) is 13.0 Å². The lowest BCUT2D eigenvalue weighted by molar-refractivity contribution is -0.105. The number of rotatable bonds is 6. The Morgan fingerprint density at radius 3 is 2.81 bits per heavy atom. The number of fused-ring (bicyclic) bond motifs is 3. The third kappa shape index (κ3) is 4.60. The standard InChI is InChI=1S/C24H23N5O2S/c30-17-26-19-4-1-18(2-5-19)3-6-20-16-29-22-8-7-21(15-23(22)32-24(29)27-20)31-14-13-28-11-9-25-10-12-28/h1-2,4-5,7-8,15-17,25H,9-14H2,(H,26,30). The number of imidazole rings is 1. The fourth-order valence-electron chi connectivity index (χ4n) is 3.71. The summed E-state index contributed by atoms with van der Waals surface area (Å²) < 4.78 is 9.21. The molecule has 8 heteroatoms. The normalized spacial score (nSPS) is 14.2. The van der Waals surface area contributed by atoms with Gasteiger partial charge in [0.15, 0.2) is 4.96 Å². The highest BCUT2D eigenvalue weighted by atomic mass is 32.1. The smallest absolute Gasteiger partial charge is 0.211 e. The van der Waals surface area contributed by atoms with E-state index in [1.165, 1.54) is 0 Å². The molecule has 1 aliphatic rings. The predicted molar refractivity (Wildman–Crippen MR) is 127 cm³/mol. The van der Waals surface area contributed by atoms with Gasteiger partial charge in [-0.25, -0.2) is 4.98 Å². The summed E-state index contributed by atoms with van der Waals surface area (Å²) in [6, 6.07) is 13.6. The second-order valence-corrected chi connectivity index (χ2v) is 8.55. The fourth-order valence-corrected chi connectivity index (χ4v) is 4.75. The molecule has 0 bridgehead atoms. The number of anilines is 1. The average Bonchev–Trinajstić information content (AvgIpc) is 3.37. The Hall–Kier alpha value is -3.38. The van der Waals surface area contributed by atoms with Crippen LogP contribution in [0.25, 0.3) is 15.2 Å². The van der Waals surface area contributed by atoms with Gasteiger partial charge in [0.1, 0.15) is 18.1 Å². The van der Waals surface area contributed by atoms with Crippen LogP contribution in [-0.4, -0.2) is 60.0 Å². The molecule has 1 amide bonds. The zero-order valence-electron chi connectivity index (χ0n) is 17.5. The zero-order chi connectivity index (χ0) is 21.8. The van der Waals surface area contributed by atoms with E-state index in [9.17, 15) is 4.79 Å². The van der Waals surface area contributed by atoms with E-state index in [1.807, 2.05) is 36.5 Å². The van der Waals surface area contributed by atoms with Crippen LogP contribution >= 0.6 is 11.3 Å². The van der Waals surface area contributed by atoms with Crippen LogP contribution in [0.4, 0.5) is 5.69 Å². The van der Waals surface area contributed by atoms with Crippen molar-refractivity contribution in [3.05, 3.63) is 59.9 Å². The van der Waals surface area contributed by atoms with Crippen LogP contribution in [0.3, 0.4) is 0 Å². The first-order valence-corrected chi connectivity index (χ1v) is 11.4. The topological polar surface area (TPSA) is 70.9 Å². The Morgan fingerprint density at radius 1 is 1.16 bits per heavy atom. The molecule has 2 aromatic carbocycles. The molecule has 162 valence electrons. The van der Waals surface area contributed by atoms with Crippen molar-refractivity contribution in [3.63, 3.8) is 0 Å². The van der Waals surface area contributed by atoms with E-state index in [-0.39, 0.29) is 0 Å². The Balaban J connectivity index is 1.27. The monoisotopic (exact) mass is 445 g/mol. The van der Waals surface area contributed by atoms with Crippen LogP contribution in [-0.2, 0) is 4.79 Å². The summed E-state index contributed by atoms with van der Waals surface area (Å²) >= 11 is 1.63. The molecule has 1 saturated heterocycles. The number of benzene rings is 2. The lowest BCUT2D eigenvalue weighted by atomic mass is 10.2. The summed E-state index contributed by atoms with van der Waals surface area (Å²) in [6.07, 6.45) is 2.62. The first kappa shape index (κ1) is 20.5. The quantitative estimate of drug-likeness (QED) is 0.353. The summed E-state index contributed by atoms with van der Waals surface area (Å²) in [6.45, 7) is 5.92. The van der Waals surface area contributed by atoms with Crippen molar-refractivity contribution in [2.45, 2.75) is 0 Å². The molecule has 0 radical (unpaired) electrons. The first-order valence-electron chi connectivity index (χ1n) is 10.6. The van der Waals surface area contributed by atoms with Gasteiger partial charge in [0.05, 0.1) is 10.2 Å². The van der Waals surface area contributed by atoms with Crippen molar-refractivity contribution >= 4 is 38.6 Å². The summed E-state index contributed by atoms with van der Waals surface area (Å²) in [5.41, 5.74) is 3.44. The van der Waals surface area contributed by atoms with E-state index in [1.54, 1.807) is 11.3 Å². The highest BCUT2D eigenvalue weighted by Gasteiger charge is 2.11. The first-order chi connectivity index (χ1) is 15.8. The molecular formula is C24H23N5O2S. The maximum absolute atomic E-state index is 10.5. The van der Waals surface area contributed by atoms with Gasteiger partial charge in [0.2, 0.25) is 6.41 Å². The molecule has 4 aromatic rings. The van der Waals surface area contributed by atoms with Crippen LogP contribution < -0.4 is 15.4 Å². The van der Waals surface area contributed by atoms with Gasteiger partial charge in [-0.15, -0.1) is 0 Å². The zero-order valence-corrected chi connectivity index (χ0v) is 18.3. The van der Waals surface area contributed by atoms with Gasteiger partial charge in [-0.2, -0.15) is 0 Å². The Kier molecular flexibility index (Phi) is 6.03. The average molecular weight is 446 g/mol. The number of ether oxygens (including phenoxy) is 1. The number of carbonyl (C=O) groups is 1. The number of carbonyl (C=O) groups excluding carboxylic acids is 1. The van der Waals surface area contributed by atoms with Crippen molar-refractivity contribution in [1.82, 2.24) is 19.6 Å². The molecule has 2 aromatic heterocycles. The molecule has 1 fully saturated rings. The van der Waals surface area contributed by atoms with Crippen molar-refractivity contribution in [2.75, 3.05) is 44.6 Å². The van der Waals surface area contributed by atoms with Gasteiger partial charge in [-0.3, -0.25) is 14.1 Å². The summed E-state index contributed by atoms with van der Waals surface area (Å²) in [5.74, 6) is 7.14. The fraction of sp³-hybridized carbons (Fsp3) is 0.250. The molecule has 0 saturated carbocycles. The SMILES string of the molecule is O=CNc1ccc(C#Cc2cn3c(n2)sc2cc(OCCN4CCNCC4)ccc23)cc1. The number of thiazole rings is 1. The largest absolute Gasteiger partial charge is 0.492 e. The van der Waals surface area contributed by atoms with Crippen molar-refractivity contribution in [3.8, 4) is 17.6 Å². The van der Waals surface area contributed by atoms with Crippen molar-refractivity contribution < 1.29 is 9.53 Å². The van der Waals surface area contributed by atoms with Crippen LogP contribution in [0, 0.1) is 11.8 Å². The second kappa shape index (κ2) is 9.40.